The van der Waals surface area contributed by atoms with Gasteiger partial charge in [0.25, 0.3) is 0 Å². The molecule has 106 valence electrons. The fourth-order valence-corrected chi connectivity index (χ4v) is 2.49. The molecule has 1 aromatic heterocycles. The van der Waals surface area contributed by atoms with Gasteiger partial charge in [0.05, 0.1) is 11.1 Å². The van der Waals surface area contributed by atoms with Crippen molar-refractivity contribution in [3.05, 3.63) is 66.4 Å². The highest BCUT2D eigenvalue weighted by Crippen LogP contribution is 2.26. The number of nitrogens with zero attached hydrogens (tertiary/aromatic N) is 2. The van der Waals surface area contributed by atoms with Crippen molar-refractivity contribution in [2.75, 3.05) is 11.2 Å². The predicted molar refractivity (Wildman–Crippen MR) is 87.7 cm³/mol. The normalized spacial score (nSPS) is 13.8. The van der Waals surface area contributed by atoms with Crippen LogP contribution in [0.15, 0.2) is 60.8 Å². The van der Waals surface area contributed by atoms with E-state index in [-0.39, 0.29) is 0 Å². The molecule has 0 bridgehead atoms. The molecule has 1 heterocycles. The molecule has 1 N–H and O–H groups in total. The molecule has 4 heteroatoms. The largest absolute Gasteiger partial charge is 0.344 e. The Hall–Kier alpha value is -2.13. The van der Waals surface area contributed by atoms with Crippen LogP contribution in [0.25, 0.3) is 10.9 Å². The smallest absolute Gasteiger partial charge is 0.223 e. The molecule has 1 unspecified atom stereocenters. The molecule has 0 aliphatic carbocycles. The van der Waals surface area contributed by atoms with E-state index >= 15 is 0 Å². The minimum atomic E-state index is -0.411. The maximum atomic E-state index is 6.19. The lowest BCUT2D eigenvalue weighted by Crippen LogP contribution is -2.34. The van der Waals surface area contributed by atoms with Crippen LogP contribution in [0.4, 0.5) is 5.95 Å². The van der Waals surface area contributed by atoms with E-state index in [2.05, 4.69) is 27.4 Å². The average molecular weight is 298 g/mol. The number of para-hydroxylation sites is 1. The monoisotopic (exact) mass is 297 g/mol. The highest BCUT2D eigenvalue weighted by molar-refractivity contribution is 6.18. The average Bonchev–Trinajstić information content (AvgIpc) is 2.55. The highest BCUT2D eigenvalue weighted by atomic mass is 35.5. The van der Waals surface area contributed by atoms with Crippen LogP contribution in [0, 0.1) is 0 Å². The van der Waals surface area contributed by atoms with Crippen LogP contribution < -0.4 is 5.32 Å². The van der Waals surface area contributed by atoms with Crippen molar-refractivity contribution in [1.82, 2.24) is 9.97 Å². The summed E-state index contributed by atoms with van der Waals surface area (Å²) in [5.74, 6) is 1.01. The molecular formula is C17H16ClN3. The van der Waals surface area contributed by atoms with E-state index in [1.807, 2.05) is 55.6 Å². The lowest BCUT2D eigenvalue weighted by Gasteiger charge is -2.29. The van der Waals surface area contributed by atoms with Gasteiger partial charge in [-0.05, 0) is 18.6 Å². The summed E-state index contributed by atoms with van der Waals surface area (Å²) >= 11 is 6.19. The summed E-state index contributed by atoms with van der Waals surface area (Å²) in [6.07, 6.45) is 1.82. The third kappa shape index (κ3) is 2.83. The summed E-state index contributed by atoms with van der Waals surface area (Å²) in [6.45, 7) is 2.05. The molecule has 3 aromatic rings. The first kappa shape index (κ1) is 13.8. The number of hydrogen-bond donors (Lipinski definition) is 1. The maximum Gasteiger partial charge on any atom is 0.223 e. The van der Waals surface area contributed by atoms with E-state index < -0.39 is 5.54 Å². The molecular weight excluding hydrogens is 282 g/mol. The van der Waals surface area contributed by atoms with Gasteiger partial charge in [0.2, 0.25) is 5.95 Å². The summed E-state index contributed by atoms with van der Waals surface area (Å²) in [4.78, 5) is 8.94. The Labute approximate surface area is 129 Å². The molecule has 0 saturated heterocycles. The molecule has 0 saturated carbocycles. The number of anilines is 1. The van der Waals surface area contributed by atoms with Gasteiger partial charge >= 0.3 is 0 Å². The number of alkyl halides is 1. The number of nitrogens with one attached hydrogen (secondary N) is 1. The minimum Gasteiger partial charge on any atom is -0.344 e. The highest BCUT2D eigenvalue weighted by Gasteiger charge is 2.26. The lowest BCUT2D eigenvalue weighted by atomic mass is 9.94. The summed E-state index contributed by atoms with van der Waals surface area (Å²) < 4.78 is 0. The molecule has 3 nitrogen and oxygen atoms in total. The van der Waals surface area contributed by atoms with E-state index in [4.69, 9.17) is 11.6 Å². The van der Waals surface area contributed by atoms with Gasteiger partial charge in [-0.3, -0.25) is 0 Å². The van der Waals surface area contributed by atoms with Crippen molar-refractivity contribution in [2.24, 2.45) is 0 Å². The standard InChI is InChI=1S/C17H16ClN3/c1-17(12-18,14-8-3-2-4-9-14)21-16-19-11-13-7-5-6-10-15(13)20-16/h2-11H,12H2,1H3,(H,19,20,21). The Balaban J connectivity index is 1.95. The second-order valence-electron chi connectivity index (χ2n) is 5.21. The zero-order valence-corrected chi connectivity index (χ0v) is 12.5. The number of hydrogen-bond acceptors (Lipinski definition) is 3. The van der Waals surface area contributed by atoms with Crippen molar-refractivity contribution in [2.45, 2.75) is 12.5 Å². The Morgan fingerprint density at radius 2 is 1.76 bits per heavy atom. The van der Waals surface area contributed by atoms with Gasteiger partial charge in [0, 0.05) is 17.5 Å². The topological polar surface area (TPSA) is 37.8 Å². The second kappa shape index (κ2) is 5.70. The van der Waals surface area contributed by atoms with Crippen LogP contribution in [0.5, 0.6) is 0 Å². The van der Waals surface area contributed by atoms with Crippen LogP contribution in [-0.4, -0.2) is 15.8 Å². The summed E-state index contributed by atoms with van der Waals surface area (Å²) in [5.41, 5.74) is 1.61. The molecule has 0 spiro atoms. The first-order valence-electron chi connectivity index (χ1n) is 6.83. The Kier molecular flexibility index (Phi) is 3.76. The summed E-state index contributed by atoms with van der Waals surface area (Å²) in [6, 6.07) is 18.0. The van der Waals surface area contributed by atoms with Crippen molar-refractivity contribution in [1.29, 1.82) is 0 Å². The molecule has 1 atom stereocenters. The van der Waals surface area contributed by atoms with E-state index in [0.29, 0.717) is 11.8 Å². The van der Waals surface area contributed by atoms with Gasteiger partial charge in [-0.1, -0.05) is 48.5 Å². The van der Waals surface area contributed by atoms with Gasteiger partial charge < -0.3 is 5.32 Å². The van der Waals surface area contributed by atoms with Crippen molar-refractivity contribution in [3.8, 4) is 0 Å². The second-order valence-corrected chi connectivity index (χ2v) is 5.48. The molecule has 21 heavy (non-hydrogen) atoms. The van der Waals surface area contributed by atoms with Gasteiger partial charge in [0.1, 0.15) is 0 Å². The molecule has 2 aromatic carbocycles. The van der Waals surface area contributed by atoms with Gasteiger partial charge in [-0.15, -0.1) is 11.6 Å². The number of benzene rings is 2. The van der Waals surface area contributed by atoms with Crippen LogP contribution in [0.1, 0.15) is 12.5 Å². The number of fused-ring (bicyclic) bond motifs is 1. The Morgan fingerprint density at radius 3 is 2.52 bits per heavy atom. The fraction of sp³-hybridized carbons (Fsp3) is 0.176. The summed E-state index contributed by atoms with van der Waals surface area (Å²) in [5, 5.41) is 4.38. The number of rotatable bonds is 4. The van der Waals surface area contributed by atoms with Crippen molar-refractivity contribution < 1.29 is 0 Å². The van der Waals surface area contributed by atoms with E-state index in [1.165, 1.54) is 0 Å². The lowest BCUT2D eigenvalue weighted by molar-refractivity contribution is 0.610. The van der Waals surface area contributed by atoms with Crippen LogP contribution in [0.3, 0.4) is 0 Å². The maximum absolute atomic E-state index is 6.19. The molecule has 3 rings (SSSR count). The van der Waals surface area contributed by atoms with E-state index in [9.17, 15) is 0 Å². The summed E-state index contributed by atoms with van der Waals surface area (Å²) in [7, 11) is 0. The predicted octanol–water partition coefficient (Wildman–Crippen LogP) is 4.20. The van der Waals surface area contributed by atoms with Gasteiger partial charge in [0.15, 0.2) is 0 Å². The first-order chi connectivity index (χ1) is 10.2. The van der Waals surface area contributed by atoms with Gasteiger partial charge in [-0.2, -0.15) is 0 Å². The van der Waals surface area contributed by atoms with E-state index in [0.717, 1.165) is 16.5 Å². The Morgan fingerprint density at radius 1 is 1.05 bits per heavy atom. The molecule has 0 radical (unpaired) electrons. The van der Waals surface area contributed by atoms with Crippen molar-refractivity contribution in [3.63, 3.8) is 0 Å². The quantitative estimate of drug-likeness (QED) is 0.734. The van der Waals surface area contributed by atoms with Crippen LogP contribution in [-0.2, 0) is 5.54 Å². The molecule has 0 aliphatic heterocycles. The van der Waals surface area contributed by atoms with Gasteiger partial charge in [-0.25, -0.2) is 9.97 Å². The van der Waals surface area contributed by atoms with Crippen LogP contribution in [0.2, 0.25) is 0 Å². The van der Waals surface area contributed by atoms with Crippen molar-refractivity contribution >= 4 is 28.5 Å². The number of aromatic nitrogens is 2. The SMILES string of the molecule is CC(CCl)(Nc1ncc2ccccc2n1)c1ccccc1. The minimum absolute atomic E-state index is 0.411. The molecule has 0 amide bonds. The molecule has 0 aliphatic rings. The molecule has 0 fully saturated rings. The van der Waals surface area contributed by atoms with Crippen LogP contribution >= 0.6 is 11.6 Å². The number of halogens is 1. The van der Waals surface area contributed by atoms with E-state index in [1.54, 1.807) is 0 Å². The third-order valence-corrected chi connectivity index (χ3v) is 4.09. The zero-order valence-electron chi connectivity index (χ0n) is 11.8. The Bertz CT molecular complexity index is 745. The first-order valence-corrected chi connectivity index (χ1v) is 7.36. The third-order valence-electron chi connectivity index (χ3n) is 3.55. The zero-order chi connectivity index (χ0) is 14.7. The fourth-order valence-electron chi connectivity index (χ4n) is 2.27.